The summed E-state index contributed by atoms with van der Waals surface area (Å²) in [5, 5.41) is -0.328. The number of amides is 1. The Morgan fingerprint density at radius 3 is 2.46 bits per heavy atom. The van der Waals surface area contributed by atoms with E-state index in [9.17, 15) is 13.2 Å². The third-order valence-corrected chi connectivity index (χ3v) is 8.17. The summed E-state index contributed by atoms with van der Waals surface area (Å²) >= 11 is 0. The fourth-order valence-electron chi connectivity index (χ4n) is 3.84. The number of ether oxygens (including phenoxy) is 1. The van der Waals surface area contributed by atoms with Crippen LogP contribution in [-0.4, -0.2) is 69.6 Å². The number of benzene rings is 1. The summed E-state index contributed by atoms with van der Waals surface area (Å²) in [6, 6.07) is 8.20. The van der Waals surface area contributed by atoms with Gasteiger partial charge in [0.25, 0.3) is 0 Å². The molecule has 0 atom stereocenters. The molecular weight excluding hydrogens is 376 g/mol. The lowest BCUT2D eigenvalue weighted by Crippen LogP contribution is -2.41. The van der Waals surface area contributed by atoms with Gasteiger partial charge in [0, 0.05) is 31.9 Å². The average Bonchev–Trinajstić information content (AvgIpc) is 2.69. The standard InChI is InChI=1S/C21H32N2O4S/c1-17(2)28(25,26)16-18-6-8-23(9-7-18)21(24)15-19-4-3-5-20(14-19)22-10-12-27-13-11-22/h3-5,14,17-18H,6-13,15-16H2,1-2H3. The fourth-order valence-corrected chi connectivity index (χ4v) is 5.22. The first-order valence-corrected chi connectivity index (χ1v) is 12.0. The lowest BCUT2D eigenvalue weighted by atomic mass is 9.98. The van der Waals surface area contributed by atoms with Crippen LogP contribution in [0.3, 0.4) is 0 Å². The first kappa shape index (κ1) is 21.1. The van der Waals surface area contributed by atoms with Gasteiger partial charge in [0.05, 0.1) is 30.6 Å². The molecule has 0 bridgehead atoms. The molecule has 156 valence electrons. The number of carbonyl (C=O) groups excluding carboxylic acids is 1. The molecule has 1 amide bonds. The van der Waals surface area contributed by atoms with E-state index in [1.807, 2.05) is 17.0 Å². The molecule has 0 N–H and O–H groups in total. The zero-order valence-electron chi connectivity index (χ0n) is 17.0. The smallest absolute Gasteiger partial charge is 0.226 e. The van der Waals surface area contributed by atoms with Gasteiger partial charge in [-0.1, -0.05) is 12.1 Å². The predicted molar refractivity (Wildman–Crippen MR) is 111 cm³/mol. The van der Waals surface area contributed by atoms with E-state index < -0.39 is 9.84 Å². The van der Waals surface area contributed by atoms with E-state index in [-0.39, 0.29) is 22.8 Å². The number of hydrogen-bond donors (Lipinski definition) is 0. The highest BCUT2D eigenvalue weighted by Crippen LogP contribution is 2.22. The molecule has 2 fully saturated rings. The van der Waals surface area contributed by atoms with Crippen LogP contribution < -0.4 is 4.90 Å². The van der Waals surface area contributed by atoms with E-state index >= 15 is 0 Å². The normalized spacial score (nSPS) is 19.2. The minimum absolute atomic E-state index is 0.129. The van der Waals surface area contributed by atoms with Gasteiger partial charge in [-0.2, -0.15) is 0 Å². The van der Waals surface area contributed by atoms with E-state index in [1.165, 1.54) is 0 Å². The highest BCUT2D eigenvalue weighted by molar-refractivity contribution is 7.91. The zero-order valence-corrected chi connectivity index (χ0v) is 17.8. The van der Waals surface area contributed by atoms with Gasteiger partial charge in [-0.3, -0.25) is 4.79 Å². The lowest BCUT2D eigenvalue weighted by molar-refractivity contribution is -0.131. The zero-order chi connectivity index (χ0) is 20.1. The number of likely N-dealkylation sites (tertiary alicyclic amines) is 1. The van der Waals surface area contributed by atoms with Crippen LogP contribution in [0.4, 0.5) is 5.69 Å². The van der Waals surface area contributed by atoms with E-state index in [4.69, 9.17) is 4.74 Å². The van der Waals surface area contributed by atoms with Gasteiger partial charge in [0.2, 0.25) is 5.91 Å². The molecule has 7 heteroatoms. The fraction of sp³-hybridized carbons (Fsp3) is 0.667. The number of morpholine rings is 1. The Labute approximate surface area is 168 Å². The van der Waals surface area contributed by atoms with E-state index in [0.29, 0.717) is 19.5 Å². The van der Waals surface area contributed by atoms with E-state index in [1.54, 1.807) is 13.8 Å². The summed E-state index contributed by atoms with van der Waals surface area (Å²) in [5.74, 6) is 0.541. The molecule has 2 aliphatic rings. The number of rotatable bonds is 6. The Morgan fingerprint density at radius 2 is 1.82 bits per heavy atom. The van der Waals surface area contributed by atoms with Crippen LogP contribution in [0.25, 0.3) is 0 Å². The maximum atomic E-state index is 12.7. The maximum absolute atomic E-state index is 12.7. The van der Waals surface area contributed by atoms with Crippen molar-refractivity contribution in [1.29, 1.82) is 0 Å². The number of nitrogens with zero attached hydrogens (tertiary/aromatic N) is 2. The van der Waals surface area contributed by atoms with Crippen molar-refractivity contribution in [2.24, 2.45) is 5.92 Å². The van der Waals surface area contributed by atoms with Gasteiger partial charge >= 0.3 is 0 Å². The molecule has 6 nitrogen and oxygen atoms in total. The Kier molecular flexibility index (Phi) is 6.99. The summed E-state index contributed by atoms with van der Waals surface area (Å²) in [5.41, 5.74) is 2.17. The molecule has 2 saturated heterocycles. The minimum Gasteiger partial charge on any atom is -0.378 e. The van der Waals surface area contributed by atoms with Crippen molar-refractivity contribution in [3.05, 3.63) is 29.8 Å². The first-order valence-electron chi connectivity index (χ1n) is 10.3. The molecule has 3 rings (SSSR count). The molecule has 28 heavy (non-hydrogen) atoms. The van der Waals surface area contributed by atoms with Crippen molar-refractivity contribution in [3.63, 3.8) is 0 Å². The molecule has 2 heterocycles. The SMILES string of the molecule is CC(C)S(=O)(=O)CC1CCN(C(=O)Cc2cccc(N3CCOCC3)c2)CC1. The molecule has 1 aromatic rings. The lowest BCUT2D eigenvalue weighted by Gasteiger charge is -2.32. The van der Waals surface area contributed by atoms with Crippen LogP contribution >= 0.6 is 0 Å². The first-order chi connectivity index (χ1) is 13.3. The molecule has 0 saturated carbocycles. The van der Waals surface area contributed by atoms with Crippen molar-refractivity contribution in [1.82, 2.24) is 4.90 Å². The Bertz CT molecular complexity index is 764. The van der Waals surface area contributed by atoms with E-state index in [2.05, 4.69) is 17.0 Å². The molecule has 0 unspecified atom stereocenters. The third-order valence-electron chi connectivity index (χ3n) is 5.80. The summed E-state index contributed by atoms with van der Waals surface area (Å²) in [6.07, 6.45) is 1.93. The second-order valence-corrected chi connectivity index (χ2v) is 10.8. The number of piperidine rings is 1. The van der Waals surface area contributed by atoms with Gasteiger partial charge in [-0.05, 0) is 50.3 Å². The summed E-state index contributed by atoms with van der Waals surface area (Å²) < 4.78 is 29.7. The van der Waals surface area contributed by atoms with Crippen LogP contribution in [0.1, 0.15) is 32.3 Å². The van der Waals surface area contributed by atoms with Crippen molar-refractivity contribution < 1.29 is 17.9 Å². The molecule has 2 aliphatic heterocycles. The van der Waals surface area contributed by atoms with Gasteiger partial charge in [-0.15, -0.1) is 0 Å². The topological polar surface area (TPSA) is 66.9 Å². The highest BCUT2D eigenvalue weighted by Gasteiger charge is 2.28. The Balaban J connectivity index is 1.52. The van der Waals surface area contributed by atoms with Crippen LogP contribution in [0.5, 0.6) is 0 Å². The van der Waals surface area contributed by atoms with Crippen molar-refractivity contribution in [3.8, 4) is 0 Å². The van der Waals surface area contributed by atoms with Gasteiger partial charge in [-0.25, -0.2) is 8.42 Å². The maximum Gasteiger partial charge on any atom is 0.226 e. The van der Waals surface area contributed by atoms with Crippen molar-refractivity contribution >= 4 is 21.4 Å². The average molecular weight is 409 g/mol. The van der Waals surface area contributed by atoms with Crippen molar-refractivity contribution in [2.75, 3.05) is 50.0 Å². The summed E-state index contributed by atoms with van der Waals surface area (Å²) in [6.45, 7) is 8.02. The number of anilines is 1. The quantitative estimate of drug-likeness (QED) is 0.721. The molecular formula is C21H32N2O4S. The summed E-state index contributed by atoms with van der Waals surface area (Å²) in [4.78, 5) is 16.9. The number of hydrogen-bond acceptors (Lipinski definition) is 5. The van der Waals surface area contributed by atoms with Crippen molar-refractivity contribution in [2.45, 2.75) is 38.4 Å². The van der Waals surface area contributed by atoms with Gasteiger partial charge < -0.3 is 14.5 Å². The molecule has 0 aromatic heterocycles. The van der Waals surface area contributed by atoms with E-state index in [0.717, 1.165) is 50.4 Å². The van der Waals surface area contributed by atoms with Gasteiger partial charge in [0.1, 0.15) is 0 Å². The predicted octanol–water partition coefficient (Wildman–Crippen LogP) is 2.13. The molecule has 0 spiro atoms. The molecule has 0 radical (unpaired) electrons. The van der Waals surface area contributed by atoms with Crippen LogP contribution in [-0.2, 0) is 25.8 Å². The minimum atomic E-state index is -3.02. The summed E-state index contributed by atoms with van der Waals surface area (Å²) in [7, 11) is -3.02. The second-order valence-electron chi connectivity index (χ2n) is 8.15. The number of sulfone groups is 1. The largest absolute Gasteiger partial charge is 0.378 e. The van der Waals surface area contributed by atoms with Crippen LogP contribution in [0.15, 0.2) is 24.3 Å². The Hall–Kier alpha value is -1.60. The van der Waals surface area contributed by atoms with Crippen LogP contribution in [0, 0.1) is 5.92 Å². The number of carbonyl (C=O) groups is 1. The Morgan fingerprint density at radius 1 is 1.14 bits per heavy atom. The monoisotopic (exact) mass is 408 g/mol. The highest BCUT2D eigenvalue weighted by atomic mass is 32.2. The molecule has 0 aliphatic carbocycles. The van der Waals surface area contributed by atoms with Crippen LogP contribution in [0.2, 0.25) is 0 Å². The molecule has 1 aromatic carbocycles. The third kappa shape index (κ3) is 5.47. The second kappa shape index (κ2) is 9.27. The van der Waals surface area contributed by atoms with Gasteiger partial charge in [0.15, 0.2) is 9.84 Å².